The molecule has 0 saturated carbocycles. The van der Waals surface area contributed by atoms with E-state index in [1.165, 1.54) is 17.3 Å². The molecule has 0 aliphatic rings. The maximum Gasteiger partial charge on any atom is 0.271 e. The van der Waals surface area contributed by atoms with Crippen LogP contribution in [0.1, 0.15) is 34.1 Å². The largest absolute Gasteiger partial charge is 0.347 e. The van der Waals surface area contributed by atoms with Gasteiger partial charge in [-0.15, -0.1) is 0 Å². The molecule has 2 aromatic carbocycles. The van der Waals surface area contributed by atoms with Crippen LogP contribution >= 0.6 is 0 Å². The van der Waals surface area contributed by atoms with Crippen LogP contribution in [0.2, 0.25) is 0 Å². The van der Waals surface area contributed by atoms with Crippen molar-refractivity contribution in [2.45, 2.75) is 26.8 Å². The van der Waals surface area contributed by atoms with Crippen molar-refractivity contribution in [1.82, 2.24) is 15.3 Å². The summed E-state index contributed by atoms with van der Waals surface area (Å²) in [5, 5.41) is 6.04. The highest BCUT2D eigenvalue weighted by molar-refractivity contribution is 5.92. The molecule has 0 aliphatic heterocycles. The van der Waals surface area contributed by atoms with E-state index in [0.717, 1.165) is 17.7 Å². The van der Waals surface area contributed by atoms with E-state index in [0.29, 0.717) is 18.1 Å². The first kappa shape index (κ1) is 17.6. The van der Waals surface area contributed by atoms with Crippen LogP contribution in [0, 0.1) is 6.92 Å². The maximum absolute atomic E-state index is 12.2. The molecule has 3 rings (SSSR count). The van der Waals surface area contributed by atoms with Crippen LogP contribution in [0.3, 0.4) is 0 Å². The number of hydrogen-bond acceptors (Lipinski definition) is 4. The molecule has 26 heavy (non-hydrogen) atoms. The van der Waals surface area contributed by atoms with Crippen LogP contribution in [0.25, 0.3) is 0 Å². The van der Waals surface area contributed by atoms with E-state index in [1.54, 1.807) is 6.20 Å². The summed E-state index contributed by atoms with van der Waals surface area (Å²) in [6.07, 6.45) is 4.05. The number of nitrogens with one attached hydrogen (secondary N) is 2. The summed E-state index contributed by atoms with van der Waals surface area (Å²) in [4.78, 5) is 20.7. The molecule has 1 heterocycles. The van der Waals surface area contributed by atoms with Gasteiger partial charge < -0.3 is 10.6 Å². The van der Waals surface area contributed by atoms with Crippen molar-refractivity contribution in [3.8, 4) is 0 Å². The zero-order valence-corrected chi connectivity index (χ0v) is 15.0. The zero-order valence-electron chi connectivity index (χ0n) is 15.0. The monoisotopic (exact) mass is 346 g/mol. The molecule has 0 radical (unpaired) electrons. The van der Waals surface area contributed by atoms with Crippen LogP contribution in [-0.4, -0.2) is 15.9 Å². The van der Waals surface area contributed by atoms with Gasteiger partial charge in [0.2, 0.25) is 0 Å². The minimum absolute atomic E-state index is 0.238. The maximum atomic E-state index is 12.2. The summed E-state index contributed by atoms with van der Waals surface area (Å²) in [7, 11) is 0. The van der Waals surface area contributed by atoms with Gasteiger partial charge in [-0.3, -0.25) is 4.79 Å². The Morgan fingerprint density at radius 1 is 1.00 bits per heavy atom. The molecule has 132 valence electrons. The van der Waals surface area contributed by atoms with Gasteiger partial charge in [-0.05, 0) is 36.6 Å². The number of carbonyl (C=O) groups is 1. The van der Waals surface area contributed by atoms with Crippen molar-refractivity contribution in [1.29, 1.82) is 0 Å². The topological polar surface area (TPSA) is 66.9 Å². The Labute approximate surface area is 153 Å². The fraction of sp³-hybridized carbons (Fsp3) is 0.190. The number of aromatic nitrogens is 2. The lowest BCUT2D eigenvalue weighted by atomic mass is 10.1. The van der Waals surface area contributed by atoms with Crippen molar-refractivity contribution in [2.75, 3.05) is 5.32 Å². The Kier molecular flexibility index (Phi) is 5.59. The van der Waals surface area contributed by atoms with Gasteiger partial charge in [-0.25, -0.2) is 9.97 Å². The minimum Gasteiger partial charge on any atom is -0.347 e. The molecule has 0 atom stereocenters. The third-order valence-corrected chi connectivity index (χ3v) is 4.05. The number of hydrogen-bond donors (Lipinski definition) is 2. The molecule has 5 nitrogen and oxygen atoms in total. The van der Waals surface area contributed by atoms with Gasteiger partial charge in [0.15, 0.2) is 0 Å². The molecule has 3 aromatic rings. The summed E-state index contributed by atoms with van der Waals surface area (Å²) in [5.74, 6) is 0.363. The lowest BCUT2D eigenvalue weighted by Gasteiger charge is -2.08. The van der Waals surface area contributed by atoms with Crippen LogP contribution in [0.4, 0.5) is 11.5 Å². The van der Waals surface area contributed by atoms with Crippen LogP contribution < -0.4 is 10.6 Å². The summed E-state index contributed by atoms with van der Waals surface area (Å²) in [6.45, 7) is 4.61. The van der Waals surface area contributed by atoms with Crippen molar-refractivity contribution in [3.63, 3.8) is 0 Å². The number of amides is 1. The molecule has 0 unspecified atom stereocenters. The SMILES string of the molecule is CCc1ccc(Nc2cnc(C(=O)NCc3cccc(C)c3)cn2)cc1. The van der Waals surface area contributed by atoms with Crippen molar-refractivity contribution >= 4 is 17.4 Å². The van der Waals surface area contributed by atoms with Crippen molar-refractivity contribution in [2.24, 2.45) is 0 Å². The zero-order chi connectivity index (χ0) is 18.4. The molecular weight excluding hydrogens is 324 g/mol. The highest BCUT2D eigenvalue weighted by Crippen LogP contribution is 2.15. The minimum atomic E-state index is -0.238. The average Bonchev–Trinajstić information content (AvgIpc) is 2.67. The average molecular weight is 346 g/mol. The fourth-order valence-corrected chi connectivity index (χ4v) is 2.58. The van der Waals surface area contributed by atoms with Crippen LogP contribution in [0.15, 0.2) is 60.9 Å². The highest BCUT2D eigenvalue weighted by Gasteiger charge is 2.08. The smallest absolute Gasteiger partial charge is 0.271 e. The van der Waals surface area contributed by atoms with Crippen molar-refractivity contribution in [3.05, 3.63) is 83.3 Å². The number of benzene rings is 2. The quantitative estimate of drug-likeness (QED) is 0.707. The standard InChI is InChI=1S/C21H22N4O/c1-3-16-7-9-18(10-8-16)25-20-14-22-19(13-23-20)21(26)24-12-17-6-4-5-15(2)11-17/h4-11,13-14H,3,12H2,1-2H3,(H,23,25)(H,24,26). The first-order chi connectivity index (χ1) is 12.6. The van der Waals surface area contributed by atoms with Crippen LogP contribution in [-0.2, 0) is 13.0 Å². The molecule has 1 aromatic heterocycles. The van der Waals surface area contributed by atoms with Gasteiger partial charge >= 0.3 is 0 Å². The molecule has 2 N–H and O–H groups in total. The molecule has 1 amide bonds. The second-order valence-corrected chi connectivity index (χ2v) is 6.13. The number of rotatable bonds is 6. The second kappa shape index (κ2) is 8.25. The molecule has 0 spiro atoms. The fourth-order valence-electron chi connectivity index (χ4n) is 2.58. The molecule has 5 heteroatoms. The first-order valence-electron chi connectivity index (χ1n) is 8.66. The van der Waals surface area contributed by atoms with Crippen molar-refractivity contribution < 1.29 is 4.79 Å². The normalized spacial score (nSPS) is 10.4. The summed E-state index contributed by atoms with van der Waals surface area (Å²) >= 11 is 0. The Morgan fingerprint density at radius 2 is 1.81 bits per heavy atom. The van der Waals surface area contributed by atoms with Gasteiger partial charge in [0.25, 0.3) is 5.91 Å². The third kappa shape index (κ3) is 4.66. The number of anilines is 2. The molecule has 0 fully saturated rings. The molecule has 0 aliphatic carbocycles. The Morgan fingerprint density at radius 3 is 2.46 bits per heavy atom. The Bertz CT molecular complexity index is 873. The van der Waals surface area contributed by atoms with E-state index in [9.17, 15) is 4.79 Å². The van der Waals surface area contributed by atoms with E-state index in [-0.39, 0.29) is 5.91 Å². The summed E-state index contributed by atoms with van der Waals surface area (Å²) < 4.78 is 0. The van der Waals surface area contributed by atoms with Gasteiger partial charge in [-0.1, -0.05) is 48.9 Å². The lowest BCUT2D eigenvalue weighted by Crippen LogP contribution is -2.24. The Hall–Kier alpha value is -3.21. The summed E-state index contributed by atoms with van der Waals surface area (Å²) in [6, 6.07) is 16.2. The number of nitrogens with zero attached hydrogens (tertiary/aromatic N) is 2. The van der Waals surface area contributed by atoms with Gasteiger partial charge in [0, 0.05) is 12.2 Å². The highest BCUT2D eigenvalue weighted by atomic mass is 16.1. The van der Waals surface area contributed by atoms with E-state index in [4.69, 9.17) is 0 Å². The Balaban J connectivity index is 1.58. The number of carbonyl (C=O) groups excluding carboxylic acids is 1. The molecule has 0 saturated heterocycles. The van der Waals surface area contributed by atoms with Crippen LogP contribution in [0.5, 0.6) is 0 Å². The van der Waals surface area contributed by atoms with E-state index >= 15 is 0 Å². The first-order valence-corrected chi connectivity index (χ1v) is 8.66. The molecular formula is C21H22N4O. The molecule has 0 bridgehead atoms. The van der Waals surface area contributed by atoms with Gasteiger partial charge in [0.1, 0.15) is 11.5 Å². The lowest BCUT2D eigenvalue weighted by molar-refractivity contribution is 0.0945. The van der Waals surface area contributed by atoms with Gasteiger partial charge in [-0.2, -0.15) is 0 Å². The predicted octanol–water partition coefficient (Wildman–Crippen LogP) is 4.02. The second-order valence-electron chi connectivity index (χ2n) is 6.13. The predicted molar refractivity (Wildman–Crippen MR) is 103 cm³/mol. The van der Waals surface area contributed by atoms with E-state index in [1.807, 2.05) is 43.3 Å². The van der Waals surface area contributed by atoms with E-state index < -0.39 is 0 Å². The van der Waals surface area contributed by atoms with E-state index in [2.05, 4.69) is 39.7 Å². The third-order valence-electron chi connectivity index (χ3n) is 4.05. The summed E-state index contributed by atoms with van der Waals surface area (Å²) in [5.41, 5.74) is 4.74. The van der Waals surface area contributed by atoms with Gasteiger partial charge in [0.05, 0.1) is 12.4 Å². The number of aryl methyl sites for hydroxylation is 2.